The van der Waals surface area contributed by atoms with E-state index in [1.165, 1.54) is 12.8 Å². The first kappa shape index (κ1) is 15.2. The number of nitrogens with one attached hydrogen (secondary N) is 1. The van der Waals surface area contributed by atoms with E-state index in [2.05, 4.69) is 32.5 Å². The van der Waals surface area contributed by atoms with Crippen molar-refractivity contribution in [3.63, 3.8) is 0 Å². The average molecular weight is 303 g/mol. The Bertz CT molecular complexity index is 490. The van der Waals surface area contributed by atoms with E-state index in [1.54, 1.807) is 6.92 Å². The number of aromatic nitrogens is 2. The lowest BCUT2D eigenvalue weighted by molar-refractivity contribution is -0.129. The molecule has 2 saturated heterocycles. The molecule has 2 fully saturated rings. The molecule has 0 saturated carbocycles. The predicted molar refractivity (Wildman–Crippen MR) is 85.8 cm³/mol. The molecule has 0 bridgehead atoms. The summed E-state index contributed by atoms with van der Waals surface area (Å²) in [4.78, 5) is 15.4. The Balaban J connectivity index is 1.54. The molecular formula is C16H25N5O. The lowest BCUT2D eigenvalue weighted by atomic mass is 9.93. The summed E-state index contributed by atoms with van der Waals surface area (Å²) in [5.74, 6) is 1.82. The highest BCUT2D eigenvalue weighted by Crippen LogP contribution is 2.18. The molecule has 0 unspecified atom stereocenters. The summed E-state index contributed by atoms with van der Waals surface area (Å²) in [6.07, 6.45) is 3.50. The second kappa shape index (κ2) is 7.05. The largest absolute Gasteiger partial charge is 0.352 e. The number of amides is 1. The summed E-state index contributed by atoms with van der Waals surface area (Å²) >= 11 is 0. The van der Waals surface area contributed by atoms with Crippen molar-refractivity contribution in [1.82, 2.24) is 20.4 Å². The Morgan fingerprint density at radius 2 is 1.91 bits per heavy atom. The molecule has 6 heteroatoms. The van der Waals surface area contributed by atoms with Gasteiger partial charge in [-0.2, -0.15) is 5.10 Å². The molecule has 0 aliphatic carbocycles. The highest BCUT2D eigenvalue weighted by Gasteiger charge is 2.20. The van der Waals surface area contributed by atoms with Crippen molar-refractivity contribution in [3.05, 3.63) is 17.8 Å². The van der Waals surface area contributed by atoms with Crippen LogP contribution in [0.4, 0.5) is 5.82 Å². The van der Waals surface area contributed by atoms with Gasteiger partial charge >= 0.3 is 0 Å². The third-order valence-electron chi connectivity index (χ3n) is 4.71. The first-order chi connectivity index (χ1) is 10.7. The summed E-state index contributed by atoms with van der Waals surface area (Å²) in [5.41, 5.74) is 1.10. The van der Waals surface area contributed by atoms with Crippen LogP contribution in [0.2, 0.25) is 0 Å². The first-order valence-corrected chi connectivity index (χ1v) is 8.26. The summed E-state index contributed by atoms with van der Waals surface area (Å²) in [6.45, 7) is 7.09. The number of rotatable bonds is 3. The number of piperidine rings is 1. The minimum absolute atomic E-state index is 0.156. The standard InChI is InChI=1S/C16H25N5O/c1-13(22)20-8-10-21(11-9-20)16-3-2-15(18-19-16)12-14-4-6-17-7-5-14/h2-3,14,17H,4-12H2,1H3. The van der Waals surface area contributed by atoms with Crippen LogP contribution in [0.1, 0.15) is 25.5 Å². The number of carbonyl (C=O) groups is 1. The second-order valence-electron chi connectivity index (χ2n) is 6.27. The van der Waals surface area contributed by atoms with Gasteiger partial charge in [0.05, 0.1) is 5.69 Å². The number of nitrogens with zero attached hydrogens (tertiary/aromatic N) is 4. The zero-order valence-corrected chi connectivity index (χ0v) is 13.3. The van der Waals surface area contributed by atoms with Gasteiger partial charge in [-0.05, 0) is 50.4 Å². The molecule has 3 rings (SSSR count). The number of hydrogen-bond acceptors (Lipinski definition) is 5. The molecule has 1 amide bonds. The maximum atomic E-state index is 11.4. The number of piperazine rings is 1. The van der Waals surface area contributed by atoms with Crippen molar-refractivity contribution in [2.75, 3.05) is 44.2 Å². The quantitative estimate of drug-likeness (QED) is 0.890. The summed E-state index contributed by atoms with van der Waals surface area (Å²) in [6, 6.07) is 4.19. The topological polar surface area (TPSA) is 61.4 Å². The van der Waals surface area contributed by atoms with Gasteiger partial charge in [0.1, 0.15) is 0 Å². The van der Waals surface area contributed by atoms with E-state index in [4.69, 9.17) is 0 Å². The molecular weight excluding hydrogens is 278 g/mol. The normalized spacial score (nSPS) is 20.2. The minimum Gasteiger partial charge on any atom is -0.352 e. The zero-order valence-electron chi connectivity index (χ0n) is 13.3. The van der Waals surface area contributed by atoms with Crippen molar-refractivity contribution in [3.8, 4) is 0 Å². The summed E-state index contributed by atoms with van der Waals surface area (Å²) in [7, 11) is 0. The molecule has 0 aromatic carbocycles. The van der Waals surface area contributed by atoms with Gasteiger partial charge in [-0.25, -0.2) is 0 Å². The number of hydrogen-bond donors (Lipinski definition) is 1. The fourth-order valence-corrected chi connectivity index (χ4v) is 3.26. The Morgan fingerprint density at radius 1 is 1.18 bits per heavy atom. The summed E-state index contributed by atoms with van der Waals surface area (Å²) < 4.78 is 0. The Kier molecular flexibility index (Phi) is 4.87. The lowest BCUT2D eigenvalue weighted by Gasteiger charge is -2.34. The van der Waals surface area contributed by atoms with Crippen LogP contribution >= 0.6 is 0 Å². The van der Waals surface area contributed by atoms with E-state index in [1.807, 2.05) is 4.90 Å². The second-order valence-corrected chi connectivity index (χ2v) is 6.27. The summed E-state index contributed by atoms with van der Waals surface area (Å²) in [5, 5.41) is 12.2. The van der Waals surface area contributed by atoms with Crippen molar-refractivity contribution in [2.45, 2.75) is 26.2 Å². The highest BCUT2D eigenvalue weighted by atomic mass is 16.2. The van der Waals surface area contributed by atoms with Crippen molar-refractivity contribution >= 4 is 11.7 Å². The van der Waals surface area contributed by atoms with Crippen LogP contribution in [0.5, 0.6) is 0 Å². The molecule has 1 aromatic heterocycles. The van der Waals surface area contributed by atoms with E-state index in [0.717, 1.165) is 63.1 Å². The molecule has 120 valence electrons. The number of carbonyl (C=O) groups excluding carboxylic acids is 1. The molecule has 1 N–H and O–H groups in total. The van der Waals surface area contributed by atoms with E-state index < -0.39 is 0 Å². The SMILES string of the molecule is CC(=O)N1CCN(c2ccc(CC3CCNCC3)nn2)CC1. The average Bonchev–Trinajstić information content (AvgIpc) is 2.57. The Morgan fingerprint density at radius 3 is 2.50 bits per heavy atom. The molecule has 1 aromatic rings. The van der Waals surface area contributed by atoms with Gasteiger partial charge in [0.15, 0.2) is 5.82 Å². The molecule has 2 aliphatic heterocycles. The molecule has 0 spiro atoms. The van der Waals surface area contributed by atoms with Gasteiger partial charge in [-0.15, -0.1) is 5.10 Å². The van der Waals surface area contributed by atoms with Gasteiger partial charge in [0.2, 0.25) is 5.91 Å². The Hall–Kier alpha value is -1.69. The highest BCUT2D eigenvalue weighted by molar-refractivity contribution is 5.73. The maximum absolute atomic E-state index is 11.4. The first-order valence-electron chi connectivity index (χ1n) is 8.26. The minimum atomic E-state index is 0.156. The number of anilines is 1. The molecule has 2 aliphatic rings. The van der Waals surface area contributed by atoms with Crippen LogP contribution in [0, 0.1) is 5.92 Å². The van der Waals surface area contributed by atoms with Gasteiger partial charge in [0, 0.05) is 33.1 Å². The van der Waals surface area contributed by atoms with Gasteiger partial charge < -0.3 is 15.1 Å². The fourth-order valence-electron chi connectivity index (χ4n) is 3.26. The molecule has 0 radical (unpaired) electrons. The predicted octanol–water partition coefficient (Wildman–Crippen LogP) is 0.687. The lowest BCUT2D eigenvalue weighted by Crippen LogP contribution is -2.48. The third-order valence-corrected chi connectivity index (χ3v) is 4.71. The molecule has 22 heavy (non-hydrogen) atoms. The van der Waals surface area contributed by atoms with Gasteiger partial charge in [-0.1, -0.05) is 0 Å². The van der Waals surface area contributed by atoms with Crippen LogP contribution in [-0.2, 0) is 11.2 Å². The van der Waals surface area contributed by atoms with E-state index >= 15 is 0 Å². The monoisotopic (exact) mass is 303 g/mol. The van der Waals surface area contributed by atoms with Crippen LogP contribution in [0.15, 0.2) is 12.1 Å². The third kappa shape index (κ3) is 3.74. The fraction of sp³-hybridized carbons (Fsp3) is 0.688. The molecule has 3 heterocycles. The van der Waals surface area contributed by atoms with Crippen LogP contribution in [-0.4, -0.2) is 60.3 Å². The van der Waals surface area contributed by atoms with Gasteiger partial charge in [0.25, 0.3) is 0 Å². The smallest absolute Gasteiger partial charge is 0.219 e. The molecule has 0 atom stereocenters. The van der Waals surface area contributed by atoms with E-state index in [0.29, 0.717) is 0 Å². The van der Waals surface area contributed by atoms with Crippen LogP contribution in [0.25, 0.3) is 0 Å². The van der Waals surface area contributed by atoms with Crippen molar-refractivity contribution < 1.29 is 4.79 Å². The van der Waals surface area contributed by atoms with Gasteiger partial charge in [-0.3, -0.25) is 4.79 Å². The van der Waals surface area contributed by atoms with E-state index in [-0.39, 0.29) is 5.91 Å². The van der Waals surface area contributed by atoms with E-state index in [9.17, 15) is 4.79 Å². The maximum Gasteiger partial charge on any atom is 0.219 e. The van der Waals surface area contributed by atoms with Crippen LogP contribution < -0.4 is 10.2 Å². The molecule has 6 nitrogen and oxygen atoms in total. The van der Waals surface area contributed by atoms with Crippen molar-refractivity contribution in [1.29, 1.82) is 0 Å². The zero-order chi connectivity index (χ0) is 15.4. The van der Waals surface area contributed by atoms with Crippen molar-refractivity contribution in [2.24, 2.45) is 5.92 Å². The Labute approximate surface area is 131 Å². The van der Waals surface area contributed by atoms with Crippen LogP contribution in [0.3, 0.4) is 0 Å².